The molecule has 1 aromatic carbocycles. The molecule has 0 unspecified atom stereocenters. The molecule has 270 valence electrons. The van der Waals surface area contributed by atoms with Crippen LogP contribution in [0.2, 0.25) is 0 Å². The van der Waals surface area contributed by atoms with Gasteiger partial charge in [-0.3, -0.25) is 24.0 Å². The summed E-state index contributed by atoms with van der Waals surface area (Å²) in [6.45, 7) is 4.26. The summed E-state index contributed by atoms with van der Waals surface area (Å²) in [5.41, 5.74) is 12.3. The number of nitrogens with zero attached hydrogens (tertiary/aromatic N) is 1. The first kappa shape index (κ1) is 38.9. The van der Waals surface area contributed by atoms with Gasteiger partial charge in [-0.1, -0.05) is 51.0 Å². The number of hydrogen-bond acceptors (Lipinski definition) is 9. The lowest BCUT2D eigenvalue weighted by molar-refractivity contribution is -0.143. The zero-order valence-corrected chi connectivity index (χ0v) is 28.2. The van der Waals surface area contributed by atoms with Crippen molar-refractivity contribution < 1.29 is 39.0 Å². The maximum atomic E-state index is 14.0. The standard InChI is InChI=1S/C34H51N7O8/c1-3-20(2)28-32(46)38-25(34(48)49)11-5-4-10-24(37-29(43)23(36)9-6-7-17-35)33(47)41-18-8-12-27(41)31(45)39-26(30(44)40-28)19-21-13-15-22(42)16-14-21/h4-5,13-16,20,23-28,42H,3,6-12,17-19,35-36H2,1-2H3,(H,37,43)(H,38,46)(H,39,45)(H,40,44)(H,48,49)/t20-,23-,24-,25-,26-,27-,28-/m0/s1. The number of rotatable bonds is 11. The van der Waals surface area contributed by atoms with E-state index in [1.54, 1.807) is 25.1 Å². The fourth-order valence-corrected chi connectivity index (χ4v) is 5.89. The molecular formula is C34H51N7O8. The molecule has 2 aliphatic rings. The van der Waals surface area contributed by atoms with Crippen molar-refractivity contribution in [2.45, 2.75) is 108 Å². The maximum absolute atomic E-state index is 14.0. The van der Waals surface area contributed by atoms with Gasteiger partial charge in [-0.15, -0.1) is 0 Å². The van der Waals surface area contributed by atoms with Gasteiger partial charge in [0, 0.05) is 13.0 Å². The molecule has 2 heterocycles. The number of nitrogens with one attached hydrogen (secondary N) is 4. The second-order valence-corrected chi connectivity index (χ2v) is 12.8. The first-order chi connectivity index (χ1) is 23.4. The molecule has 0 spiro atoms. The highest BCUT2D eigenvalue weighted by atomic mass is 16.4. The van der Waals surface area contributed by atoms with Crippen molar-refractivity contribution in [1.29, 1.82) is 0 Å². The lowest BCUT2D eigenvalue weighted by Crippen LogP contribution is -2.60. The topological polar surface area (TPSA) is 246 Å². The van der Waals surface area contributed by atoms with Crippen molar-refractivity contribution >= 4 is 35.5 Å². The summed E-state index contributed by atoms with van der Waals surface area (Å²) < 4.78 is 0. The SMILES string of the molecule is CC[C@H](C)[C@@H]1NC(=O)[C@H](Cc2ccc(O)cc2)NC(=O)[C@@H]2CCCN2C(=O)[C@@H](NC(=O)[C@@H](N)CCCCN)CC=CC[C@@H](C(=O)O)NC1=O. The number of nitrogens with two attached hydrogens (primary N) is 2. The number of aromatic hydroxyl groups is 1. The van der Waals surface area contributed by atoms with Gasteiger partial charge in [0.05, 0.1) is 6.04 Å². The monoisotopic (exact) mass is 685 g/mol. The third-order valence-electron chi connectivity index (χ3n) is 9.09. The van der Waals surface area contributed by atoms with Crippen LogP contribution in [0.5, 0.6) is 5.75 Å². The predicted octanol–water partition coefficient (Wildman–Crippen LogP) is -0.198. The summed E-state index contributed by atoms with van der Waals surface area (Å²) in [5, 5.41) is 30.4. The molecule has 1 saturated heterocycles. The highest BCUT2D eigenvalue weighted by Gasteiger charge is 2.40. The minimum Gasteiger partial charge on any atom is -0.508 e. The van der Waals surface area contributed by atoms with Gasteiger partial charge in [-0.2, -0.15) is 0 Å². The van der Waals surface area contributed by atoms with E-state index in [0.29, 0.717) is 50.6 Å². The van der Waals surface area contributed by atoms with E-state index in [-0.39, 0.29) is 31.6 Å². The molecule has 49 heavy (non-hydrogen) atoms. The number of benzene rings is 1. The minimum atomic E-state index is -1.35. The number of unbranched alkanes of at least 4 members (excludes halogenated alkanes) is 1. The van der Waals surface area contributed by atoms with E-state index in [2.05, 4.69) is 21.3 Å². The van der Waals surface area contributed by atoms with Gasteiger partial charge >= 0.3 is 5.97 Å². The number of phenols is 1. The van der Waals surface area contributed by atoms with Gasteiger partial charge < -0.3 is 47.8 Å². The minimum absolute atomic E-state index is 0.00420. The Morgan fingerprint density at radius 1 is 1.00 bits per heavy atom. The molecule has 7 atom stereocenters. The number of phenolic OH excluding ortho intramolecular Hbond substituents is 1. The van der Waals surface area contributed by atoms with Crippen LogP contribution in [0.25, 0.3) is 0 Å². The molecule has 0 aliphatic carbocycles. The van der Waals surface area contributed by atoms with Gasteiger partial charge in [0.15, 0.2) is 0 Å². The van der Waals surface area contributed by atoms with E-state index in [1.807, 2.05) is 6.92 Å². The molecule has 1 aromatic rings. The Morgan fingerprint density at radius 3 is 2.35 bits per heavy atom. The average molecular weight is 686 g/mol. The molecule has 15 heteroatoms. The fourth-order valence-electron chi connectivity index (χ4n) is 5.89. The van der Waals surface area contributed by atoms with Crippen LogP contribution in [0.3, 0.4) is 0 Å². The van der Waals surface area contributed by atoms with Crippen LogP contribution in [0.1, 0.15) is 70.8 Å². The lowest BCUT2D eigenvalue weighted by Gasteiger charge is -2.31. The molecule has 10 N–H and O–H groups in total. The van der Waals surface area contributed by atoms with E-state index in [4.69, 9.17) is 11.5 Å². The average Bonchev–Trinajstić information content (AvgIpc) is 3.57. The molecule has 2 aliphatic heterocycles. The van der Waals surface area contributed by atoms with E-state index in [0.717, 1.165) is 0 Å². The molecule has 0 radical (unpaired) electrons. The van der Waals surface area contributed by atoms with Crippen LogP contribution in [-0.4, -0.2) is 100.0 Å². The van der Waals surface area contributed by atoms with Crippen molar-refractivity contribution in [3.63, 3.8) is 0 Å². The number of carbonyl (C=O) groups excluding carboxylic acids is 5. The second-order valence-electron chi connectivity index (χ2n) is 12.8. The van der Waals surface area contributed by atoms with E-state index in [1.165, 1.54) is 23.1 Å². The highest BCUT2D eigenvalue weighted by Crippen LogP contribution is 2.21. The van der Waals surface area contributed by atoms with Gasteiger partial charge in [-0.05, 0) is 68.7 Å². The Balaban J connectivity index is 2.00. The molecule has 0 saturated carbocycles. The molecule has 1 fully saturated rings. The Bertz CT molecular complexity index is 1350. The first-order valence-corrected chi connectivity index (χ1v) is 17.0. The van der Waals surface area contributed by atoms with Crippen molar-refractivity contribution in [2.75, 3.05) is 13.1 Å². The largest absolute Gasteiger partial charge is 0.508 e. The number of fused-ring (bicyclic) bond motifs is 1. The molecule has 3 rings (SSSR count). The van der Waals surface area contributed by atoms with Crippen molar-refractivity contribution in [1.82, 2.24) is 26.2 Å². The smallest absolute Gasteiger partial charge is 0.326 e. The lowest BCUT2D eigenvalue weighted by atomic mass is 9.96. The Hall–Kier alpha value is -4.50. The second kappa shape index (κ2) is 18.9. The number of hydrogen-bond donors (Lipinski definition) is 8. The number of amides is 5. The van der Waals surface area contributed by atoms with E-state index in [9.17, 15) is 39.0 Å². The normalized spacial score (nSPS) is 25.3. The molecule has 0 bridgehead atoms. The Labute approximate surface area is 286 Å². The predicted molar refractivity (Wildman–Crippen MR) is 181 cm³/mol. The first-order valence-electron chi connectivity index (χ1n) is 17.0. The van der Waals surface area contributed by atoms with Crippen molar-refractivity contribution in [3.8, 4) is 5.75 Å². The molecular weight excluding hydrogens is 634 g/mol. The summed E-state index contributed by atoms with van der Waals surface area (Å²) in [5.74, 6) is -4.71. The quantitative estimate of drug-likeness (QED) is 0.113. The van der Waals surface area contributed by atoms with Crippen LogP contribution < -0.4 is 32.7 Å². The van der Waals surface area contributed by atoms with Crippen molar-refractivity contribution in [3.05, 3.63) is 42.0 Å². The van der Waals surface area contributed by atoms with Gasteiger partial charge in [0.2, 0.25) is 29.5 Å². The summed E-state index contributed by atoms with van der Waals surface area (Å²) >= 11 is 0. The van der Waals surface area contributed by atoms with Crippen molar-refractivity contribution in [2.24, 2.45) is 17.4 Å². The van der Waals surface area contributed by atoms with Gasteiger partial charge in [0.25, 0.3) is 0 Å². The van der Waals surface area contributed by atoms with Crippen LogP contribution in [0, 0.1) is 5.92 Å². The number of aliphatic carboxylic acids is 1. The Morgan fingerprint density at radius 2 is 1.69 bits per heavy atom. The summed E-state index contributed by atoms with van der Waals surface area (Å²) in [6, 6.07) is -0.521. The van der Waals surface area contributed by atoms with Crippen LogP contribution in [0.4, 0.5) is 0 Å². The highest BCUT2D eigenvalue weighted by molar-refractivity contribution is 5.97. The molecule has 15 nitrogen and oxygen atoms in total. The summed E-state index contributed by atoms with van der Waals surface area (Å²) in [6.07, 6.45) is 5.86. The zero-order valence-electron chi connectivity index (χ0n) is 28.2. The van der Waals surface area contributed by atoms with Crippen LogP contribution >= 0.6 is 0 Å². The number of carboxylic acids is 1. The van der Waals surface area contributed by atoms with Crippen LogP contribution in [-0.2, 0) is 35.2 Å². The van der Waals surface area contributed by atoms with Crippen LogP contribution in [0.15, 0.2) is 36.4 Å². The number of carbonyl (C=O) groups is 6. The third kappa shape index (κ3) is 11.3. The molecule has 0 aromatic heterocycles. The Kier molecular flexibility index (Phi) is 15.0. The zero-order chi connectivity index (χ0) is 36.1. The van der Waals surface area contributed by atoms with Gasteiger partial charge in [-0.25, -0.2) is 4.79 Å². The number of carboxylic acid groups (broad SMARTS) is 1. The third-order valence-corrected chi connectivity index (χ3v) is 9.09. The van der Waals surface area contributed by atoms with E-state index >= 15 is 0 Å². The van der Waals surface area contributed by atoms with Gasteiger partial charge in [0.1, 0.15) is 36.0 Å². The fraction of sp³-hybridized carbons (Fsp3) is 0.588. The maximum Gasteiger partial charge on any atom is 0.326 e. The summed E-state index contributed by atoms with van der Waals surface area (Å²) in [4.78, 5) is 81.6. The molecule has 5 amide bonds. The van der Waals surface area contributed by atoms with E-state index < -0.39 is 77.7 Å². The summed E-state index contributed by atoms with van der Waals surface area (Å²) in [7, 11) is 0.